The van der Waals surface area contributed by atoms with Crippen LogP contribution in [0.1, 0.15) is 33.6 Å². The molecular weight excluding hydrogens is 212 g/mol. The summed E-state index contributed by atoms with van der Waals surface area (Å²) in [4.78, 5) is 7.17. The van der Waals surface area contributed by atoms with Crippen LogP contribution in [0.4, 0.5) is 0 Å². The van der Waals surface area contributed by atoms with Crippen molar-refractivity contribution in [2.45, 2.75) is 33.6 Å². The molecule has 0 radical (unpaired) electrons. The summed E-state index contributed by atoms with van der Waals surface area (Å²) < 4.78 is 0. The first-order valence-corrected chi connectivity index (χ1v) is 7.00. The maximum absolute atomic E-state index is 4.61. The summed E-state index contributed by atoms with van der Waals surface area (Å²) in [5, 5.41) is 6.52. The second-order valence-corrected chi connectivity index (χ2v) is 4.86. The average Bonchev–Trinajstić information content (AvgIpc) is 2.79. The van der Waals surface area contributed by atoms with Crippen LogP contribution in [0.5, 0.6) is 0 Å². The van der Waals surface area contributed by atoms with Gasteiger partial charge in [0.05, 0.1) is 0 Å². The fourth-order valence-corrected chi connectivity index (χ4v) is 2.22. The molecule has 0 spiro atoms. The van der Waals surface area contributed by atoms with Crippen LogP contribution < -0.4 is 10.6 Å². The Labute approximate surface area is 106 Å². The highest BCUT2D eigenvalue weighted by molar-refractivity contribution is 5.79. The first kappa shape index (κ1) is 14.3. The summed E-state index contributed by atoms with van der Waals surface area (Å²) in [6, 6.07) is 0. The number of hydrogen-bond donors (Lipinski definition) is 2. The van der Waals surface area contributed by atoms with Gasteiger partial charge in [0.15, 0.2) is 5.96 Å². The summed E-state index contributed by atoms with van der Waals surface area (Å²) in [5.41, 5.74) is 0. The average molecular weight is 240 g/mol. The molecule has 2 N–H and O–H groups in total. The monoisotopic (exact) mass is 240 g/mol. The van der Waals surface area contributed by atoms with E-state index in [1.54, 1.807) is 0 Å². The van der Waals surface area contributed by atoms with Crippen molar-refractivity contribution in [3.63, 3.8) is 0 Å². The van der Waals surface area contributed by atoms with Crippen LogP contribution in [0.3, 0.4) is 0 Å². The molecule has 4 heteroatoms. The molecule has 0 aliphatic carbocycles. The zero-order chi connectivity index (χ0) is 12.5. The van der Waals surface area contributed by atoms with Gasteiger partial charge in [-0.1, -0.05) is 6.92 Å². The molecule has 0 saturated carbocycles. The lowest BCUT2D eigenvalue weighted by Crippen LogP contribution is -2.37. The van der Waals surface area contributed by atoms with E-state index < -0.39 is 0 Å². The van der Waals surface area contributed by atoms with E-state index in [0.29, 0.717) is 5.92 Å². The molecule has 1 atom stereocenters. The largest absolute Gasteiger partial charge is 0.357 e. The fraction of sp³-hybridized carbons (Fsp3) is 0.923. The molecule has 1 heterocycles. The number of aliphatic imine (C=N–C) groups is 1. The van der Waals surface area contributed by atoms with E-state index in [4.69, 9.17) is 0 Å². The molecule has 0 aromatic heterocycles. The van der Waals surface area contributed by atoms with Crippen LogP contribution in [0.25, 0.3) is 0 Å². The van der Waals surface area contributed by atoms with Gasteiger partial charge < -0.3 is 15.5 Å². The van der Waals surface area contributed by atoms with E-state index >= 15 is 0 Å². The summed E-state index contributed by atoms with van der Waals surface area (Å²) >= 11 is 0. The van der Waals surface area contributed by atoms with Gasteiger partial charge >= 0.3 is 0 Å². The van der Waals surface area contributed by atoms with Crippen molar-refractivity contribution in [1.29, 1.82) is 0 Å². The van der Waals surface area contributed by atoms with Crippen LogP contribution in [0.15, 0.2) is 4.99 Å². The first-order chi connectivity index (χ1) is 8.26. The number of likely N-dealkylation sites (tertiary alicyclic amines) is 1. The molecule has 0 amide bonds. The highest BCUT2D eigenvalue weighted by Crippen LogP contribution is 2.10. The van der Waals surface area contributed by atoms with E-state index in [0.717, 1.165) is 25.6 Å². The van der Waals surface area contributed by atoms with Crippen LogP contribution >= 0.6 is 0 Å². The Balaban J connectivity index is 2.26. The molecule has 0 aromatic rings. The Morgan fingerprint density at radius 3 is 2.29 bits per heavy atom. The van der Waals surface area contributed by atoms with Crippen LogP contribution in [0.2, 0.25) is 0 Å². The molecule has 17 heavy (non-hydrogen) atoms. The number of guanidine groups is 1. The topological polar surface area (TPSA) is 39.7 Å². The van der Waals surface area contributed by atoms with E-state index in [1.165, 1.54) is 32.5 Å². The quantitative estimate of drug-likeness (QED) is 0.543. The molecular formula is C13H28N4. The van der Waals surface area contributed by atoms with Gasteiger partial charge in [-0.15, -0.1) is 0 Å². The molecule has 100 valence electrons. The van der Waals surface area contributed by atoms with Crippen LogP contribution in [-0.4, -0.2) is 50.1 Å². The van der Waals surface area contributed by atoms with Crippen molar-refractivity contribution in [3.05, 3.63) is 0 Å². The lowest BCUT2D eigenvalue weighted by atomic mass is 10.2. The predicted molar refractivity (Wildman–Crippen MR) is 74.5 cm³/mol. The highest BCUT2D eigenvalue weighted by atomic mass is 15.2. The summed E-state index contributed by atoms with van der Waals surface area (Å²) in [6.45, 7) is 13.0. The van der Waals surface area contributed by atoms with Crippen molar-refractivity contribution in [3.8, 4) is 0 Å². The predicted octanol–water partition coefficient (Wildman–Crippen LogP) is 1.29. The summed E-state index contributed by atoms with van der Waals surface area (Å²) in [6.07, 6.45) is 2.74. The zero-order valence-corrected chi connectivity index (χ0v) is 11.6. The third kappa shape index (κ3) is 5.91. The molecule has 0 aromatic carbocycles. The van der Waals surface area contributed by atoms with Crippen molar-refractivity contribution < 1.29 is 0 Å². The van der Waals surface area contributed by atoms with Crippen molar-refractivity contribution in [2.75, 3.05) is 39.3 Å². The molecule has 0 bridgehead atoms. The normalized spacial score (nSPS) is 17.8. The maximum atomic E-state index is 4.61. The van der Waals surface area contributed by atoms with Crippen molar-refractivity contribution >= 4 is 5.96 Å². The smallest absolute Gasteiger partial charge is 0.191 e. The van der Waals surface area contributed by atoms with Crippen LogP contribution in [0, 0.1) is 5.92 Å². The van der Waals surface area contributed by atoms with Crippen LogP contribution in [-0.2, 0) is 0 Å². The minimum atomic E-state index is 0.639. The van der Waals surface area contributed by atoms with Gasteiger partial charge in [0.1, 0.15) is 0 Å². The Hall–Kier alpha value is -0.770. The number of rotatable bonds is 6. The second-order valence-electron chi connectivity index (χ2n) is 4.86. The Kier molecular flexibility index (Phi) is 7.01. The minimum absolute atomic E-state index is 0.639. The standard InChI is InChI=1S/C13H28N4/c1-4-14-13(15-5-2)16-10-12(3)11-17-8-6-7-9-17/h12H,4-11H2,1-3H3,(H2,14,15,16)/t12-/m0/s1. The lowest BCUT2D eigenvalue weighted by molar-refractivity contribution is 0.291. The number of nitrogens with zero attached hydrogens (tertiary/aromatic N) is 2. The van der Waals surface area contributed by atoms with Gasteiger partial charge in [0.2, 0.25) is 0 Å². The highest BCUT2D eigenvalue weighted by Gasteiger charge is 2.14. The van der Waals surface area contributed by atoms with Crippen molar-refractivity contribution in [2.24, 2.45) is 10.9 Å². The second kappa shape index (κ2) is 8.34. The fourth-order valence-electron chi connectivity index (χ4n) is 2.22. The SMILES string of the molecule is CCNC(=NC[C@H](C)CN1CCCC1)NCC. The molecule has 4 nitrogen and oxygen atoms in total. The maximum Gasteiger partial charge on any atom is 0.191 e. The molecule has 1 rings (SSSR count). The third-order valence-electron chi connectivity index (χ3n) is 3.02. The van der Waals surface area contributed by atoms with E-state index in [-0.39, 0.29) is 0 Å². The third-order valence-corrected chi connectivity index (χ3v) is 3.02. The zero-order valence-electron chi connectivity index (χ0n) is 11.6. The number of nitrogens with one attached hydrogen (secondary N) is 2. The van der Waals surface area contributed by atoms with Crippen molar-refractivity contribution in [1.82, 2.24) is 15.5 Å². The summed E-state index contributed by atoms with van der Waals surface area (Å²) in [7, 11) is 0. The van der Waals surface area contributed by atoms with E-state index in [9.17, 15) is 0 Å². The Bertz CT molecular complexity index is 213. The van der Waals surface area contributed by atoms with Gasteiger partial charge in [0.25, 0.3) is 0 Å². The molecule has 1 fully saturated rings. The number of hydrogen-bond acceptors (Lipinski definition) is 2. The molecule has 0 unspecified atom stereocenters. The Morgan fingerprint density at radius 2 is 1.76 bits per heavy atom. The first-order valence-electron chi connectivity index (χ1n) is 7.00. The van der Waals surface area contributed by atoms with Gasteiger partial charge in [-0.2, -0.15) is 0 Å². The van der Waals surface area contributed by atoms with Gasteiger partial charge in [-0.25, -0.2) is 0 Å². The van der Waals surface area contributed by atoms with Gasteiger partial charge in [-0.3, -0.25) is 4.99 Å². The molecule has 1 aliphatic heterocycles. The van der Waals surface area contributed by atoms with E-state index in [1.807, 2.05) is 0 Å². The summed E-state index contributed by atoms with van der Waals surface area (Å²) in [5.74, 6) is 1.59. The molecule has 1 aliphatic rings. The van der Waals surface area contributed by atoms with Gasteiger partial charge in [-0.05, 0) is 45.7 Å². The lowest BCUT2D eigenvalue weighted by Gasteiger charge is -2.19. The Morgan fingerprint density at radius 1 is 1.18 bits per heavy atom. The molecule has 1 saturated heterocycles. The van der Waals surface area contributed by atoms with E-state index in [2.05, 4.69) is 41.3 Å². The minimum Gasteiger partial charge on any atom is -0.357 e. The van der Waals surface area contributed by atoms with Gasteiger partial charge in [0, 0.05) is 26.2 Å².